The number of rotatable bonds is 2. The number of nitrogens with two attached hydrogens (primary N) is 1. The van der Waals surface area contributed by atoms with E-state index in [4.69, 9.17) is 17.3 Å². The third-order valence-electron chi connectivity index (χ3n) is 3.17. The van der Waals surface area contributed by atoms with Gasteiger partial charge in [-0.15, -0.1) is 0 Å². The second-order valence-corrected chi connectivity index (χ2v) is 5.40. The molecule has 1 amide bonds. The van der Waals surface area contributed by atoms with Crippen LogP contribution in [0.1, 0.15) is 27.0 Å². The van der Waals surface area contributed by atoms with E-state index in [0.717, 1.165) is 16.7 Å². The zero-order valence-electron chi connectivity index (χ0n) is 11.8. The van der Waals surface area contributed by atoms with Crippen LogP contribution in [0.4, 0.5) is 11.4 Å². The van der Waals surface area contributed by atoms with Gasteiger partial charge in [0.25, 0.3) is 5.91 Å². The predicted octanol–water partition coefficient (Wildman–Crippen LogP) is 4.10. The number of anilines is 2. The molecule has 0 aromatic heterocycles. The van der Waals surface area contributed by atoms with Crippen molar-refractivity contribution in [3.8, 4) is 0 Å². The molecule has 2 rings (SSSR count). The summed E-state index contributed by atoms with van der Waals surface area (Å²) in [5.74, 6) is -0.172. The quantitative estimate of drug-likeness (QED) is 0.818. The van der Waals surface area contributed by atoms with Gasteiger partial charge in [0, 0.05) is 10.6 Å². The second-order valence-electron chi connectivity index (χ2n) is 4.96. The molecule has 3 nitrogen and oxygen atoms in total. The van der Waals surface area contributed by atoms with Gasteiger partial charge >= 0.3 is 0 Å². The van der Waals surface area contributed by atoms with Crippen molar-refractivity contribution in [1.82, 2.24) is 0 Å². The molecule has 0 radical (unpaired) electrons. The molecule has 2 aromatic carbocycles. The van der Waals surface area contributed by atoms with Crippen LogP contribution in [0.25, 0.3) is 0 Å². The monoisotopic (exact) mass is 288 g/mol. The van der Waals surface area contributed by atoms with E-state index in [9.17, 15) is 4.79 Å². The molecule has 0 aliphatic heterocycles. The third kappa shape index (κ3) is 2.94. The van der Waals surface area contributed by atoms with E-state index in [2.05, 4.69) is 5.32 Å². The molecule has 0 atom stereocenters. The number of aryl methyl sites for hydroxylation is 3. The first-order valence-electron chi connectivity index (χ1n) is 6.32. The fourth-order valence-corrected chi connectivity index (χ4v) is 2.53. The van der Waals surface area contributed by atoms with Crippen molar-refractivity contribution in [2.24, 2.45) is 0 Å². The van der Waals surface area contributed by atoms with Crippen LogP contribution in [0.2, 0.25) is 5.02 Å². The highest BCUT2D eigenvalue weighted by atomic mass is 35.5. The number of hydrogen-bond donors (Lipinski definition) is 2. The fourth-order valence-electron chi connectivity index (χ4n) is 2.36. The maximum Gasteiger partial charge on any atom is 0.256 e. The molecule has 0 saturated heterocycles. The Labute approximate surface area is 123 Å². The smallest absolute Gasteiger partial charge is 0.256 e. The Morgan fingerprint density at radius 3 is 2.30 bits per heavy atom. The largest absolute Gasteiger partial charge is 0.397 e. The zero-order chi connectivity index (χ0) is 14.9. The Kier molecular flexibility index (Phi) is 4.00. The molecule has 104 valence electrons. The highest BCUT2D eigenvalue weighted by molar-refractivity contribution is 6.31. The van der Waals surface area contributed by atoms with Gasteiger partial charge in [0.2, 0.25) is 0 Å². The van der Waals surface area contributed by atoms with Gasteiger partial charge in [0.1, 0.15) is 0 Å². The van der Waals surface area contributed by atoms with Crippen LogP contribution >= 0.6 is 11.6 Å². The van der Waals surface area contributed by atoms with Crippen LogP contribution in [0.3, 0.4) is 0 Å². The molecule has 0 heterocycles. The number of amides is 1. The van der Waals surface area contributed by atoms with E-state index >= 15 is 0 Å². The van der Waals surface area contributed by atoms with Gasteiger partial charge in [0.05, 0.1) is 11.4 Å². The Morgan fingerprint density at radius 2 is 1.70 bits per heavy atom. The number of carbonyl (C=O) groups is 1. The van der Waals surface area contributed by atoms with Gasteiger partial charge in [-0.25, -0.2) is 0 Å². The summed E-state index contributed by atoms with van der Waals surface area (Å²) in [5, 5.41) is 3.35. The summed E-state index contributed by atoms with van der Waals surface area (Å²) >= 11 is 5.92. The number of nitrogens with one attached hydrogen (secondary N) is 1. The van der Waals surface area contributed by atoms with Crippen molar-refractivity contribution >= 4 is 28.9 Å². The van der Waals surface area contributed by atoms with Crippen LogP contribution < -0.4 is 11.1 Å². The van der Waals surface area contributed by atoms with Crippen molar-refractivity contribution in [3.05, 3.63) is 57.6 Å². The lowest BCUT2D eigenvalue weighted by Crippen LogP contribution is -2.16. The molecule has 0 saturated carbocycles. The third-order valence-corrected chi connectivity index (χ3v) is 3.40. The summed E-state index contributed by atoms with van der Waals surface area (Å²) in [6.07, 6.45) is 0. The Balaban J connectivity index is 2.36. The van der Waals surface area contributed by atoms with E-state index in [1.807, 2.05) is 32.9 Å². The first-order chi connectivity index (χ1) is 9.38. The summed E-state index contributed by atoms with van der Waals surface area (Å²) in [4.78, 5) is 12.4. The van der Waals surface area contributed by atoms with E-state index in [1.165, 1.54) is 0 Å². The summed E-state index contributed by atoms with van der Waals surface area (Å²) in [7, 11) is 0. The van der Waals surface area contributed by atoms with Crippen molar-refractivity contribution in [2.75, 3.05) is 11.1 Å². The normalized spacial score (nSPS) is 10.4. The van der Waals surface area contributed by atoms with E-state index in [0.29, 0.717) is 22.0 Å². The predicted molar refractivity (Wildman–Crippen MR) is 84.5 cm³/mol. The highest BCUT2D eigenvalue weighted by Gasteiger charge is 2.14. The Morgan fingerprint density at radius 1 is 1.10 bits per heavy atom. The molecule has 0 aliphatic rings. The van der Waals surface area contributed by atoms with Crippen molar-refractivity contribution < 1.29 is 4.79 Å². The maximum atomic E-state index is 12.4. The van der Waals surface area contributed by atoms with Crippen molar-refractivity contribution in [1.29, 1.82) is 0 Å². The molecule has 0 unspecified atom stereocenters. The van der Waals surface area contributed by atoms with Crippen LogP contribution in [-0.4, -0.2) is 5.91 Å². The van der Waals surface area contributed by atoms with Gasteiger partial charge < -0.3 is 11.1 Å². The lowest BCUT2D eigenvalue weighted by Gasteiger charge is -2.13. The van der Waals surface area contributed by atoms with Crippen LogP contribution in [0, 0.1) is 20.8 Å². The number of carbonyl (C=O) groups excluding carboxylic acids is 1. The minimum absolute atomic E-state index is 0.172. The standard InChI is InChI=1S/C16H17ClN2O/c1-9-6-10(2)15(11(3)7-9)16(20)19-14-8-12(17)4-5-13(14)18/h4-8H,18H2,1-3H3,(H,19,20). The summed E-state index contributed by atoms with van der Waals surface area (Å²) < 4.78 is 0. The van der Waals surface area contributed by atoms with Gasteiger partial charge in [-0.05, 0) is 50.1 Å². The molecule has 4 heteroatoms. The highest BCUT2D eigenvalue weighted by Crippen LogP contribution is 2.25. The SMILES string of the molecule is Cc1cc(C)c(C(=O)Nc2cc(Cl)ccc2N)c(C)c1. The van der Waals surface area contributed by atoms with Crippen LogP contribution in [0.15, 0.2) is 30.3 Å². The minimum atomic E-state index is -0.172. The van der Waals surface area contributed by atoms with E-state index in [-0.39, 0.29) is 5.91 Å². The number of nitrogen functional groups attached to an aromatic ring is 1. The molecule has 3 N–H and O–H groups in total. The molecule has 2 aromatic rings. The van der Waals surface area contributed by atoms with Crippen molar-refractivity contribution in [2.45, 2.75) is 20.8 Å². The molecule has 0 spiro atoms. The van der Waals surface area contributed by atoms with Gasteiger partial charge in [-0.2, -0.15) is 0 Å². The average Bonchev–Trinajstić information content (AvgIpc) is 2.32. The molecule has 20 heavy (non-hydrogen) atoms. The number of hydrogen-bond acceptors (Lipinski definition) is 2. The molecular formula is C16H17ClN2O. The van der Waals surface area contributed by atoms with Crippen molar-refractivity contribution in [3.63, 3.8) is 0 Å². The second kappa shape index (κ2) is 5.55. The summed E-state index contributed by atoms with van der Waals surface area (Å²) in [6.45, 7) is 5.86. The molecule has 0 aliphatic carbocycles. The summed E-state index contributed by atoms with van der Waals surface area (Å²) in [6, 6.07) is 8.99. The van der Waals surface area contributed by atoms with E-state index < -0.39 is 0 Å². The first kappa shape index (κ1) is 14.4. The lowest BCUT2D eigenvalue weighted by molar-refractivity contribution is 0.102. The number of benzene rings is 2. The first-order valence-corrected chi connectivity index (χ1v) is 6.70. The molecular weight excluding hydrogens is 272 g/mol. The molecule has 0 fully saturated rings. The van der Waals surface area contributed by atoms with Crippen LogP contribution in [0.5, 0.6) is 0 Å². The van der Waals surface area contributed by atoms with Gasteiger partial charge in [0.15, 0.2) is 0 Å². The average molecular weight is 289 g/mol. The van der Waals surface area contributed by atoms with E-state index in [1.54, 1.807) is 18.2 Å². The Bertz CT molecular complexity index is 657. The molecule has 0 bridgehead atoms. The van der Waals surface area contributed by atoms with Gasteiger partial charge in [-0.1, -0.05) is 29.3 Å². The maximum absolute atomic E-state index is 12.4. The summed E-state index contributed by atoms with van der Waals surface area (Å²) in [5.41, 5.74) is 10.6. The van der Waals surface area contributed by atoms with Crippen LogP contribution in [-0.2, 0) is 0 Å². The minimum Gasteiger partial charge on any atom is -0.397 e. The van der Waals surface area contributed by atoms with Gasteiger partial charge in [-0.3, -0.25) is 4.79 Å². The number of halogens is 1. The fraction of sp³-hybridized carbons (Fsp3) is 0.188. The topological polar surface area (TPSA) is 55.1 Å². The zero-order valence-corrected chi connectivity index (χ0v) is 12.5. The Hall–Kier alpha value is -2.00. The lowest BCUT2D eigenvalue weighted by atomic mass is 9.99.